The molecule has 7 nitrogen and oxygen atoms in total. The highest BCUT2D eigenvalue weighted by molar-refractivity contribution is 6.05. The second kappa shape index (κ2) is 8.26. The minimum absolute atomic E-state index is 0.105. The van der Waals surface area contributed by atoms with Crippen molar-refractivity contribution in [2.45, 2.75) is 26.8 Å². The first-order valence-electron chi connectivity index (χ1n) is 9.15. The van der Waals surface area contributed by atoms with E-state index in [0.717, 1.165) is 5.56 Å². The van der Waals surface area contributed by atoms with E-state index in [9.17, 15) is 9.59 Å². The van der Waals surface area contributed by atoms with Gasteiger partial charge < -0.3 is 15.0 Å². The summed E-state index contributed by atoms with van der Waals surface area (Å²) < 4.78 is 5.15. The molecule has 1 aromatic heterocycles. The number of nitrogens with zero attached hydrogens (tertiary/aromatic N) is 3. The van der Waals surface area contributed by atoms with Crippen LogP contribution in [0.1, 0.15) is 40.4 Å². The number of piperazine rings is 1. The molecule has 1 atom stereocenters. The van der Waals surface area contributed by atoms with Crippen molar-refractivity contribution in [3.8, 4) is 11.4 Å². The van der Waals surface area contributed by atoms with E-state index in [0.29, 0.717) is 31.2 Å². The van der Waals surface area contributed by atoms with Gasteiger partial charge in [0.2, 0.25) is 0 Å². The normalized spacial score (nSPS) is 16.9. The molecular formula is C20H24N4O3. The summed E-state index contributed by atoms with van der Waals surface area (Å²) in [5, 5.41) is 3.31. The summed E-state index contributed by atoms with van der Waals surface area (Å²) in [5.74, 6) is -0.414. The topological polar surface area (TPSA) is 84.4 Å². The predicted molar refractivity (Wildman–Crippen MR) is 102 cm³/mol. The molecule has 1 amide bonds. The minimum atomic E-state index is -0.568. The van der Waals surface area contributed by atoms with E-state index >= 15 is 0 Å². The molecule has 1 N–H and O–H groups in total. The number of aryl methyl sites for hydroxylation is 1. The molecule has 2 heterocycles. The number of nitrogens with one attached hydrogen (secondary N) is 1. The lowest BCUT2D eigenvalue weighted by Crippen LogP contribution is -2.51. The number of esters is 1. The number of benzene rings is 1. The molecule has 0 radical (unpaired) electrons. The Morgan fingerprint density at radius 2 is 2.00 bits per heavy atom. The average Bonchev–Trinajstić information content (AvgIpc) is 2.67. The van der Waals surface area contributed by atoms with Gasteiger partial charge in [0.05, 0.1) is 12.3 Å². The maximum absolute atomic E-state index is 13.2. The summed E-state index contributed by atoms with van der Waals surface area (Å²) in [6, 6.07) is 9.60. The van der Waals surface area contributed by atoms with E-state index in [-0.39, 0.29) is 29.8 Å². The van der Waals surface area contributed by atoms with Crippen molar-refractivity contribution < 1.29 is 14.3 Å². The molecule has 0 aliphatic carbocycles. The molecule has 1 aliphatic rings. The van der Waals surface area contributed by atoms with Crippen molar-refractivity contribution in [1.29, 1.82) is 0 Å². The predicted octanol–water partition coefficient (Wildman–Crippen LogP) is 2.06. The van der Waals surface area contributed by atoms with Gasteiger partial charge in [-0.05, 0) is 20.8 Å². The molecule has 7 heteroatoms. The molecule has 2 aromatic rings. The first kappa shape index (κ1) is 19.0. The molecule has 0 saturated carbocycles. The van der Waals surface area contributed by atoms with Crippen molar-refractivity contribution in [3.05, 3.63) is 47.3 Å². The van der Waals surface area contributed by atoms with E-state index in [1.54, 1.807) is 18.7 Å². The van der Waals surface area contributed by atoms with Crippen LogP contribution in [0.5, 0.6) is 0 Å². The summed E-state index contributed by atoms with van der Waals surface area (Å²) >= 11 is 0. The van der Waals surface area contributed by atoms with Crippen LogP contribution in [0.3, 0.4) is 0 Å². The Hall–Kier alpha value is -2.80. The van der Waals surface area contributed by atoms with Crippen LogP contribution in [0, 0.1) is 6.92 Å². The second-order valence-electron chi connectivity index (χ2n) is 6.55. The quantitative estimate of drug-likeness (QED) is 0.832. The monoisotopic (exact) mass is 368 g/mol. The van der Waals surface area contributed by atoms with E-state index < -0.39 is 5.97 Å². The third kappa shape index (κ3) is 4.14. The van der Waals surface area contributed by atoms with Crippen LogP contribution in [0.2, 0.25) is 0 Å². The Labute approximate surface area is 158 Å². The second-order valence-corrected chi connectivity index (χ2v) is 6.55. The Bertz CT molecular complexity index is 839. The van der Waals surface area contributed by atoms with Crippen LogP contribution < -0.4 is 5.32 Å². The van der Waals surface area contributed by atoms with Crippen molar-refractivity contribution >= 4 is 11.9 Å². The van der Waals surface area contributed by atoms with Crippen LogP contribution in [-0.4, -0.2) is 59.0 Å². The lowest BCUT2D eigenvalue weighted by atomic mass is 10.1. The van der Waals surface area contributed by atoms with Gasteiger partial charge in [-0.3, -0.25) is 4.79 Å². The van der Waals surface area contributed by atoms with Crippen LogP contribution in [-0.2, 0) is 4.74 Å². The zero-order valence-electron chi connectivity index (χ0n) is 15.9. The fraction of sp³-hybridized carbons (Fsp3) is 0.400. The third-order valence-corrected chi connectivity index (χ3v) is 4.46. The summed E-state index contributed by atoms with van der Waals surface area (Å²) in [6.45, 7) is 7.50. The summed E-state index contributed by atoms with van der Waals surface area (Å²) in [5.41, 5.74) is 1.48. The molecule has 0 spiro atoms. The van der Waals surface area contributed by atoms with Gasteiger partial charge in [-0.25, -0.2) is 14.8 Å². The number of ether oxygens (including phenoxy) is 1. The van der Waals surface area contributed by atoms with Gasteiger partial charge in [0.25, 0.3) is 5.91 Å². The highest BCUT2D eigenvalue weighted by Gasteiger charge is 2.30. The largest absolute Gasteiger partial charge is 0.462 e. The van der Waals surface area contributed by atoms with Crippen molar-refractivity contribution in [1.82, 2.24) is 20.2 Å². The average molecular weight is 368 g/mol. The standard InChI is InChI=1S/C20H24N4O3/c1-4-27-20(26)16-14(3)22-18(15-8-6-5-7-9-15)23-17(16)19(25)24-11-10-21-13(2)12-24/h5-9,13,21H,4,10-12H2,1-3H3. The Kier molecular flexibility index (Phi) is 5.81. The highest BCUT2D eigenvalue weighted by atomic mass is 16.5. The Morgan fingerprint density at radius 1 is 1.26 bits per heavy atom. The highest BCUT2D eigenvalue weighted by Crippen LogP contribution is 2.21. The lowest BCUT2D eigenvalue weighted by molar-refractivity contribution is 0.0513. The van der Waals surface area contributed by atoms with Crippen LogP contribution in [0.15, 0.2) is 30.3 Å². The third-order valence-electron chi connectivity index (χ3n) is 4.46. The number of aromatic nitrogens is 2. The molecular weight excluding hydrogens is 344 g/mol. The lowest BCUT2D eigenvalue weighted by Gasteiger charge is -2.32. The number of carbonyl (C=O) groups excluding carboxylic acids is 2. The SMILES string of the molecule is CCOC(=O)c1c(C)nc(-c2ccccc2)nc1C(=O)N1CCNC(C)C1. The van der Waals surface area contributed by atoms with Crippen LogP contribution >= 0.6 is 0 Å². The number of hydrogen-bond acceptors (Lipinski definition) is 6. The first-order valence-corrected chi connectivity index (χ1v) is 9.15. The maximum atomic E-state index is 13.2. The molecule has 1 aliphatic heterocycles. The molecule has 0 bridgehead atoms. The zero-order chi connectivity index (χ0) is 19.4. The Balaban J connectivity index is 2.08. The molecule has 1 saturated heterocycles. The van der Waals surface area contributed by atoms with Crippen molar-refractivity contribution in [2.24, 2.45) is 0 Å². The Morgan fingerprint density at radius 3 is 2.67 bits per heavy atom. The number of hydrogen-bond donors (Lipinski definition) is 1. The van der Waals surface area contributed by atoms with Crippen molar-refractivity contribution in [2.75, 3.05) is 26.2 Å². The molecule has 1 fully saturated rings. The zero-order valence-corrected chi connectivity index (χ0v) is 15.9. The number of amides is 1. The number of rotatable bonds is 4. The molecule has 1 aromatic carbocycles. The van der Waals surface area contributed by atoms with Crippen LogP contribution in [0.4, 0.5) is 0 Å². The van der Waals surface area contributed by atoms with Gasteiger partial charge in [0.1, 0.15) is 11.3 Å². The van der Waals surface area contributed by atoms with E-state index in [1.165, 1.54) is 0 Å². The molecule has 27 heavy (non-hydrogen) atoms. The van der Waals surface area contributed by atoms with Gasteiger partial charge >= 0.3 is 5.97 Å². The summed E-state index contributed by atoms with van der Waals surface area (Å²) in [4.78, 5) is 36.4. The smallest absolute Gasteiger partial charge is 0.342 e. The molecule has 3 rings (SSSR count). The first-order chi connectivity index (χ1) is 13.0. The fourth-order valence-corrected chi connectivity index (χ4v) is 3.16. The van der Waals surface area contributed by atoms with Gasteiger partial charge in [-0.1, -0.05) is 30.3 Å². The summed E-state index contributed by atoms with van der Waals surface area (Å²) in [7, 11) is 0. The molecule has 142 valence electrons. The van der Waals surface area contributed by atoms with E-state index in [1.807, 2.05) is 37.3 Å². The molecule has 1 unspecified atom stereocenters. The van der Waals surface area contributed by atoms with Gasteiger partial charge in [0, 0.05) is 31.2 Å². The van der Waals surface area contributed by atoms with Gasteiger partial charge in [-0.2, -0.15) is 0 Å². The van der Waals surface area contributed by atoms with E-state index in [2.05, 4.69) is 15.3 Å². The van der Waals surface area contributed by atoms with Gasteiger partial charge in [-0.15, -0.1) is 0 Å². The maximum Gasteiger partial charge on any atom is 0.342 e. The number of carbonyl (C=O) groups is 2. The van der Waals surface area contributed by atoms with Crippen LogP contribution in [0.25, 0.3) is 11.4 Å². The fourth-order valence-electron chi connectivity index (χ4n) is 3.16. The van der Waals surface area contributed by atoms with E-state index in [4.69, 9.17) is 4.74 Å². The van der Waals surface area contributed by atoms with Crippen molar-refractivity contribution in [3.63, 3.8) is 0 Å². The minimum Gasteiger partial charge on any atom is -0.462 e. The summed E-state index contributed by atoms with van der Waals surface area (Å²) in [6.07, 6.45) is 0. The van der Waals surface area contributed by atoms with Gasteiger partial charge in [0.15, 0.2) is 5.82 Å².